The first-order valence-electron chi connectivity index (χ1n) is 6.67. The smallest absolute Gasteiger partial charge is 0.0951 e. The van der Waals surface area contributed by atoms with E-state index in [4.69, 9.17) is 4.74 Å². The molecule has 0 heterocycles. The Labute approximate surface area is 105 Å². The summed E-state index contributed by atoms with van der Waals surface area (Å²) in [5.41, 5.74) is 2.62. The summed E-state index contributed by atoms with van der Waals surface area (Å²) in [6.07, 6.45) is 2.41. The Kier molecular flexibility index (Phi) is 6.90. The lowest BCUT2D eigenvalue weighted by molar-refractivity contribution is 0.0527. The number of nitrogens with one attached hydrogen (secondary N) is 1. The molecule has 0 radical (unpaired) electrons. The van der Waals surface area contributed by atoms with E-state index in [0.29, 0.717) is 0 Å². The molecule has 1 aromatic rings. The Balaban J connectivity index is 2.64. The van der Waals surface area contributed by atoms with Crippen LogP contribution < -0.4 is 5.32 Å². The highest BCUT2D eigenvalue weighted by atomic mass is 16.5. The number of hydrogen-bond donors (Lipinski definition) is 1. The van der Waals surface area contributed by atoms with Crippen LogP contribution in [0, 0.1) is 6.92 Å². The SMILES string of the molecule is CCCNCC(OCCC)c1ccccc1C. The van der Waals surface area contributed by atoms with Gasteiger partial charge in [0.15, 0.2) is 0 Å². The van der Waals surface area contributed by atoms with Gasteiger partial charge in [-0.05, 0) is 37.4 Å². The lowest BCUT2D eigenvalue weighted by atomic mass is 10.0. The zero-order valence-corrected chi connectivity index (χ0v) is 11.3. The molecule has 17 heavy (non-hydrogen) atoms. The Hall–Kier alpha value is -0.860. The third kappa shape index (κ3) is 4.88. The highest BCUT2D eigenvalue weighted by Gasteiger charge is 2.12. The summed E-state index contributed by atoms with van der Waals surface area (Å²) in [5.74, 6) is 0. The number of rotatable bonds is 8. The van der Waals surface area contributed by atoms with Gasteiger partial charge in [-0.2, -0.15) is 0 Å². The van der Waals surface area contributed by atoms with Crippen molar-refractivity contribution in [2.24, 2.45) is 0 Å². The van der Waals surface area contributed by atoms with Crippen molar-refractivity contribution >= 4 is 0 Å². The maximum atomic E-state index is 5.94. The minimum Gasteiger partial charge on any atom is -0.372 e. The molecule has 2 nitrogen and oxygen atoms in total. The Bertz CT molecular complexity index is 312. The van der Waals surface area contributed by atoms with Crippen molar-refractivity contribution in [3.63, 3.8) is 0 Å². The molecule has 0 aromatic heterocycles. The topological polar surface area (TPSA) is 21.3 Å². The van der Waals surface area contributed by atoms with E-state index >= 15 is 0 Å². The van der Waals surface area contributed by atoms with E-state index < -0.39 is 0 Å². The van der Waals surface area contributed by atoms with E-state index in [2.05, 4.69) is 50.4 Å². The van der Waals surface area contributed by atoms with E-state index in [1.807, 2.05) is 0 Å². The molecule has 0 aliphatic rings. The second-order valence-corrected chi connectivity index (χ2v) is 4.42. The minimum atomic E-state index is 0.183. The standard InChI is InChI=1S/C15H25NO/c1-4-10-16-12-15(17-11-5-2)14-9-7-6-8-13(14)3/h6-9,15-16H,4-5,10-12H2,1-3H3. The highest BCUT2D eigenvalue weighted by Crippen LogP contribution is 2.20. The largest absolute Gasteiger partial charge is 0.372 e. The monoisotopic (exact) mass is 235 g/mol. The third-order valence-corrected chi connectivity index (χ3v) is 2.82. The molecule has 0 amide bonds. The van der Waals surface area contributed by atoms with Gasteiger partial charge in [-0.15, -0.1) is 0 Å². The summed E-state index contributed by atoms with van der Waals surface area (Å²) in [6, 6.07) is 8.49. The van der Waals surface area contributed by atoms with Crippen molar-refractivity contribution in [3.05, 3.63) is 35.4 Å². The summed E-state index contributed by atoms with van der Waals surface area (Å²) < 4.78 is 5.94. The lowest BCUT2D eigenvalue weighted by Gasteiger charge is -2.20. The number of hydrogen-bond acceptors (Lipinski definition) is 2. The van der Waals surface area contributed by atoms with Crippen molar-refractivity contribution in [2.45, 2.75) is 39.7 Å². The zero-order valence-electron chi connectivity index (χ0n) is 11.3. The fourth-order valence-corrected chi connectivity index (χ4v) is 1.88. The molecule has 1 N–H and O–H groups in total. The predicted octanol–water partition coefficient (Wildman–Crippen LogP) is 3.46. The Morgan fingerprint density at radius 1 is 1.18 bits per heavy atom. The van der Waals surface area contributed by atoms with Crippen molar-refractivity contribution in [2.75, 3.05) is 19.7 Å². The molecule has 96 valence electrons. The summed E-state index contributed by atoms with van der Waals surface area (Å²) in [7, 11) is 0. The molecule has 1 atom stereocenters. The van der Waals surface area contributed by atoms with Gasteiger partial charge < -0.3 is 10.1 Å². The van der Waals surface area contributed by atoms with Crippen LogP contribution in [-0.4, -0.2) is 19.7 Å². The lowest BCUT2D eigenvalue weighted by Crippen LogP contribution is -2.24. The molecule has 1 unspecified atom stereocenters. The van der Waals surface area contributed by atoms with Crippen LogP contribution in [0.2, 0.25) is 0 Å². The molecule has 1 aromatic carbocycles. The quantitative estimate of drug-likeness (QED) is 0.697. The number of ether oxygens (including phenoxy) is 1. The van der Waals surface area contributed by atoms with Crippen LogP contribution in [0.5, 0.6) is 0 Å². The van der Waals surface area contributed by atoms with Gasteiger partial charge in [0.25, 0.3) is 0 Å². The molecule has 0 spiro atoms. The summed E-state index contributed by atoms with van der Waals surface area (Å²) in [6.45, 7) is 9.26. The van der Waals surface area contributed by atoms with Gasteiger partial charge in [-0.3, -0.25) is 0 Å². The molecular formula is C15H25NO. The van der Waals surface area contributed by atoms with Crippen LogP contribution in [0.15, 0.2) is 24.3 Å². The van der Waals surface area contributed by atoms with Crippen molar-refractivity contribution in [3.8, 4) is 0 Å². The van der Waals surface area contributed by atoms with Gasteiger partial charge in [-0.25, -0.2) is 0 Å². The molecule has 0 aliphatic heterocycles. The first kappa shape index (κ1) is 14.2. The van der Waals surface area contributed by atoms with Crippen LogP contribution in [0.4, 0.5) is 0 Å². The summed E-state index contributed by atoms with van der Waals surface area (Å²) in [5, 5.41) is 3.44. The molecule has 0 aliphatic carbocycles. The third-order valence-electron chi connectivity index (χ3n) is 2.82. The Morgan fingerprint density at radius 2 is 1.94 bits per heavy atom. The van der Waals surface area contributed by atoms with Crippen LogP contribution in [0.3, 0.4) is 0 Å². The molecule has 0 saturated carbocycles. The van der Waals surface area contributed by atoms with Gasteiger partial charge in [0.2, 0.25) is 0 Å². The van der Waals surface area contributed by atoms with E-state index in [0.717, 1.165) is 32.5 Å². The maximum absolute atomic E-state index is 5.94. The van der Waals surface area contributed by atoms with Gasteiger partial charge in [0.1, 0.15) is 0 Å². The molecule has 0 bridgehead atoms. The molecule has 0 fully saturated rings. The van der Waals surface area contributed by atoms with Crippen LogP contribution >= 0.6 is 0 Å². The first-order valence-corrected chi connectivity index (χ1v) is 6.67. The van der Waals surface area contributed by atoms with E-state index in [-0.39, 0.29) is 6.10 Å². The maximum Gasteiger partial charge on any atom is 0.0951 e. The van der Waals surface area contributed by atoms with Crippen molar-refractivity contribution in [1.29, 1.82) is 0 Å². The molecular weight excluding hydrogens is 210 g/mol. The van der Waals surface area contributed by atoms with E-state index in [1.54, 1.807) is 0 Å². The predicted molar refractivity (Wildman–Crippen MR) is 73.3 cm³/mol. The van der Waals surface area contributed by atoms with Gasteiger partial charge >= 0.3 is 0 Å². The van der Waals surface area contributed by atoms with Crippen molar-refractivity contribution in [1.82, 2.24) is 5.32 Å². The minimum absolute atomic E-state index is 0.183. The van der Waals surface area contributed by atoms with Gasteiger partial charge in [-0.1, -0.05) is 38.1 Å². The molecule has 1 rings (SSSR count). The highest BCUT2D eigenvalue weighted by molar-refractivity contribution is 5.28. The average molecular weight is 235 g/mol. The molecule has 0 saturated heterocycles. The summed E-state index contributed by atoms with van der Waals surface area (Å²) in [4.78, 5) is 0. The van der Waals surface area contributed by atoms with Crippen molar-refractivity contribution < 1.29 is 4.74 Å². The van der Waals surface area contributed by atoms with Gasteiger partial charge in [0.05, 0.1) is 6.10 Å². The second-order valence-electron chi connectivity index (χ2n) is 4.42. The van der Waals surface area contributed by atoms with Gasteiger partial charge in [0, 0.05) is 13.2 Å². The second kappa shape index (κ2) is 8.26. The van der Waals surface area contributed by atoms with E-state index in [9.17, 15) is 0 Å². The molecule has 2 heteroatoms. The fraction of sp³-hybridized carbons (Fsp3) is 0.600. The van der Waals surface area contributed by atoms with Crippen LogP contribution in [-0.2, 0) is 4.74 Å². The van der Waals surface area contributed by atoms with Crippen LogP contribution in [0.25, 0.3) is 0 Å². The normalized spacial score (nSPS) is 12.6. The summed E-state index contributed by atoms with van der Waals surface area (Å²) >= 11 is 0. The zero-order chi connectivity index (χ0) is 12.5. The number of benzene rings is 1. The van der Waals surface area contributed by atoms with E-state index in [1.165, 1.54) is 11.1 Å². The first-order chi connectivity index (χ1) is 8.29. The fourth-order valence-electron chi connectivity index (χ4n) is 1.88. The number of aryl methyl sites for hydroxylation is 1. The Morgan fingerprint density at radius 3 is 2.59 bits per heavy atom. The average Bonchev–Trinajstić information content (AvgIpc) is 2.35. The van der Waals surface area contributed by atoms with Crippen LogP contribution in [0.1, 0.15) is 43.9 Å².